The van der Waals surface area contributed by atoms with Crippen LogP contribution >= 0.6 is 0 Å². The number of hydrogen-bond donors (Lipinski definition) is 2. The van der Waals surface area contributed by atoms with E-state index in [1.165, 1.54) is 6.92 Å². The minimum absolute atomic E-state index is 0.0352. The summed E-state index contributed by atoms with van der Waals surface area (Å²) in [4.78, 5) is 25.6. The van der Waals surface area contributed by atoms with E-state index in [-0.39, 0.29) is 17.2 Å². The van der Waals surface area contributed by atoms with Gasteiger partial charge < -0.3 is 15.5 Å². The highest BCUT2D eigenvalue weighted by Gasteiger charge is 2.26. The predicted molar refractivity (Wildman–Crippen MR) is 103 cm³/mol. The quantitative estimate of drug-likeness (QED) is 0.873. The first-order valence-corrected chi connectivity index (χ1v) is 9.06. The van der Waals surface area contributed by atoms with E-state index in [9.17, 15) is 9.59 Å². The van der Waals surface area contributed by atoms with Gasteiger partial charge in [0.25, 0.3) is 0 Å². The van der Waals surface area contributed by atoms with E-state index in [0.717, 1.165) is 42.9 Å². The molecule has 1 aromatic carbocycles. The Kier molecular flexibility index (Phi) is 6.09. The van der Waals surface area contributed by atoms with E-state index >= 15 is 0 Å². The highest BCUT2D eigenvalue weighted by Crippen LogP contribution is 2.25. The number of carbonyl (C=O) groups is 2. The topological polar surface area (TPSA) is 61.4 Å². The number of benzene rings is 1. The van der Waals surface area contributed by atoms with Gasteiger partial charge in [0.2, 0.25) is 11.8 Å². The van der Waals surface area contributed by atoms with Gasteiger partial charge >= 0.3 is 0 Å². The Morgan fingerprint density at radius 1 is 1.20 bits per heavy atom. The zero-order valence-electron chi connectivity index (χ0n) is 16.1. The molecule has 1 aromatic rings. The standard InChI is InChI=1S/C20H31N3O2/c1-14-6-7-17(21-15(2)24)12-18(14)22-16-8-10-23(11-9-16)19(25)13-20(3,4)5/h6-7,12,16,22H,8-11,13H2,1-5H3,(H,21,24). The molecule has 0 atom stereocenters. The number of nitrogens with one attached hydrogen (secondary N) is 2. The van der Waals surface area contributed by atoms with Gasteiger partial charge in [0.05, 0.1) is 0 Å². The molecule has 2 N–H and O–H groups in total. The van der Waals surface area contributed by atoms with Crippen LogP contribution < -0.4 is 10.6 Å². The molecule has 1 heterocycles. The molecule has 138 valence electrons. The smallest absolute Gasteiger partial charge is 0.223 e. The summed E-state index contributed by atoms with van der Waals surface area (Å²) in [7, 11) is 0. The monoisotopic (exact) mass is 345 g/mol. The van der Waals surface area contributed by atoms with Crippen LogP contribution in [0.2, 0.25) is 0 Å². The second kappa shape index (κ2) is 7.89. The second-order valence-electron chi connectivity index (χ2n) is 8.25. The molecule has 1 aliphatic heterocycles. The molecule has 5 nitrogen and oxygen atoms in total. The summed E-state index contributed by atoms with van der Waals surface area (Å²) >= 11 is 0. The summed E-state index contributed by atoms with van der Waals surface area (Å²) in [5.41, 5.74) is 3.04. The summed E-state index contributed by atoms with van der Waals surface area (Å²) in [5.74, 6) is 0.190. The number of aryl methyl sites for hydroxylation is 1. The normalized spacial score (nSPS) is 15.8. The maximum Gasteiger partial charge on any atom is 0.223 e. The van der Waals surface area contributed by atoms with Crippen molar-refractivity contribution >= 4 is 23.2 Å². The summed E-state index contributed by atoms with van der Waals surface area (Å²) in [6.45, 7) is 11.5. The van der Waals surface area contributed by atoms with Crippen LogP contribution in [0.1, 0.15) is 52.5 Å². The zero-order valence-corrected chi connectivity index (χ0v) is 16.1. The lowest BCUT2D eigenvalue weighted by molar-refractivity contribution is -0.134. The van der Waals surface area contributed by atoms with E-state index in [4.69, 9.17) is 0 Å². The first-order chi connectivity index (χ1) is 11.6. The van der Waals surface area contributed by atoms with Crippen molar-refractivity contribution in [3.8, 4) is 0 Å². The van der Waals surface area contributed by atoms with Crippen molar-refractivity contribution in [2.45, 2.75) is 59.9 Å². The van der Waals surface area contributed by atoms with E-state index in [1.54, 1.807) is 0 Å². The molecule has 1 aliphatic rings. The molecule has 5 heteroatoms. The van der Waals surface area contributed by atoms with Gasteiger partial charge in [-0.05, 0) is 42.9 Å². The molecule has 25 heavy (non-hydrogen) atoms. The van der Waals surface area contributed by atoms with Gasteiger partial charge in [0.15, 0.2) is 0 Å². The van der Waals surface area contributed by atoms with Crippen LogP contribution in [0.25, 0.3) is 0 Å². The minimum atomic E-state index is -0.0690. The molecule has 0 spiro atoms. The molecule has 0 saturated carbocycles. The maximum atomic E-state index is 12.3. The molecular formula is C20H31N3O2. The number of amides is 2. The molecule has 2 amide bonds. The fourth-order valence-corrected chi connectivity index (χ4v) is 3.12. The van der Waals surface area contributed by atoms with Crippen LogP contribution in [0.3, 0.4) is 0 Å². The van der Waals surface area contributed by atoms with Crippen LogP contribution in [0.5, 0.6) is 0 Å². The Balaban J connectivity index is 1.91. The summed E-state index contributed by atoms with van der Waals surface area (Å²) in [5, 5.41) is 6.40. The maximum absolute atomic E-state index is 12.3. The average Bonchev–Trinajstić information content (AvgIpc) is 2.49. The number of piperidine rings is 1. The first kappa shape index (κ1) is 19.3. The van der Waals surface area contributed by atoms with Gasteiger partial charge in [-0.2, -0.15) is 0 Å². The molecule has 0 bridgehead atoms. The van der Waals surface area contributed by atoms with Crippen molar-refractivity contribution in [3.63, 3.8) is 0 Å². The molecule has 0 unspecified atom stereocenters. The van der Waals surface area contributed by atoms with Gasteiger partial charge in [-0.1, -0.05) is 26.8 Å². The number of anilines is 2. The largest absolute Gasteiger partial charge is 0.382 e. The molecule has 2 rings (SSSR count). The van der Waals surface area contributed by atoms with Crippen molar-refractivity contribution in [2.24, 2.45) is 5.41 Å². The summed E-state index contributed by atoms with van der Waals surface area (Å²) in [6.07, 6.45) is 2.49. The fourth-order valence-electron chi connectivity index (χ4n) is 3.12. The van der Waals surface area contributed by atoms with E-state index in [2.05, 4.69) is 38.3 Å². The fraction of sp³-hybridized carbons (Fsp3) is 0.600. The third kappa shape index (κ3) is 6.07. The number of likely N-dealkylation sites (tertiary alicyclic amines) is 1. The minimum Gasteiger partial charge on any atom is -0.382 e. The average molecular weight is 345 g/mol. The van der Waals surface area contributed by atoms with Gasteiger partial charge in [-0.25, -0.2) is 0 Å². The van der Waals surface area contributed by atoms with E-state index in [1.807, 2.05) is 23.1 Å². The SMILES string of the molecule is CC(=O)Nc1ccc(C)c(NC2CCN(C(=O)CC(C)(C)C)CC2)c1. The summed E-state index contributed by atoms with van der Waals surface area (Å²) in [6, 6.07) is 6.25. The number of rotatable bonds is 4. The van der Waals surface area contributed by atoms with Crippen molar-refractivity contribution in [2.75, 3.05) is 23.7 Å². The molecule has 0 aliphatic carbocycles. The Morgan fingerprint density at radius 2 is 1.84 bits per heavy atom. The highest BCUT2D eigenvalue weighted by atomic mass is 16.2. The van der Waals surface area contributed by atoms with Crippen molar-refractivity contribution < 1.29 is 9.59 Å². The predicted octanol–water partition coefficient (Wildman–Crippen LogP) is 3.79. The van der Waals surface area contributed by atoms with Gasteiger partial charge in [-0.15, -0.1) is 0 Å². The lowest BCUT2D eigenvalue weighted by atomic mass is 9.91. The molecule has 1 saturated heterocycles. The van der Waals surface area contributed by atoms with Crippen LogP contribution in [0, 0.1) is 12.3 Å². The van der Waals surface area contributed by atoms with Crippen molar-refractivity contribution in [3.05, 3.63) is 23.8 Å². The van der Waals surface area contributed by atoms with E-state index in [0.29, 0.717) is 12.5 Å². The number of carbonyl (C=O) groups excluding carboxylic acids is 2. The van der Waals surface area contributed by atoms with Crippen LogP contribution in [0.15, 0.2) is 18.2 Å². The van der Waals surface area contributed by atoms with E-state index < -0.39 is 0 Å². The molecule has 0 radical (unpaired) electrons. The third-order valence-electron chi connectivity index (χ3n) is 4.45. The Morgan fingerprint density at radius 3 is 2.40 bits per heavy atom. The van der Waals surface area contributed by atoms with Gasteiger partial charge in [0.1, 0.15) is 0 Å². The van der Waals surface area contributed by atoms with Crippen LogP contribution in [-0.2, 0) is 9.59 Å². The van der Waals surface area contributed by atoms with Crippen LogP contribution in [0.4, 0.5) is 11.4 Å². The zero-order chi connectivity index (χ0) is 18.6. The molecular weight excluding hydrogens is 314 g/mol. The second-order valence-corrected chi connectivity index (χ2v) is 8.25. The highest BCUT2D eigenvalue weighted by molar-refractivity contribution is 5.89. The number of nitrogens with zero attached hydrogens (tertiary/aromatic N) is 1. The third-order valence-corrected chi connectivity index (χ3v) is 4.45. The molecule has 0 aromatic heterocycles. The number of hydrogen-bond acceptors (Lipinski definition) is 3. The van der Waals surface area contributed by atoms with Gasteiger partial charge in [-0.3, -0.25) is 9.59 Å². The first-order valence-electron chi connectivity index (χ1n) is 9.06. The lowest BCUT2D eigenvalue weighted by Gasteiger charge is -2.34. The van der Waals surface area contributed by atoms with Crippen molar-refractivity contribution in [1.29, 1.82) is 0 Å². The molecule has 1 fully saturated rings. The van der Waals surface area contributed by atoms with Crippen LogP contribution in [-0.4, -0.2) is 35.8 Å². The van der Waals surface area contributed by atoms with Gasteiger partial charge in [0, 0.05) is 43.9 Å². The Bertz CT molecular complexity index is 626. The lowest BCUT2D eigenvalue weighted by Crippen LogP contribution is -2.43. The Labute approximate surface area is 151 Å². The van der Waals surface area contributed by atoms with Crippen molar-refractivity contribution in [1.82, 2.24) is 4.90 Å². The Hall–Kier alpha value is -2.04. The summed E-state index contributed by atoms with van der Waals surface area (Å²) < 4.78 is 0.